The van der Waals surface area contributed by atoms with E-state index in [2.05, 4.69) is 21.4 Å². The van der Waals surface area contributed by atoms with E-state index in [1.54, 1.807) is 6.33 Å². The van der Waals surface area contributed by atoms with Crippen LogP contribution in [0.3, 0.4) is 0 Å². The van der Waals surface area contributed by atoms with Crippen LogP contribution in [0.5, 0.6) is 0 Å². The molecule has 5 nitrogen and oxygen atoms in total. The Labute approximate surface area is 110 Å². The third kappa shape index (κ3) is 2.13. The monoisotopic (exact) mass is 257 g/mol. The fourth-order valence-electron chi connectivity index (χ4n) is 2.55. The first-order valence-electron chi connectivity index (χ1n) is 6.22. The molecule has 0 saturated heterocycles. The lowest BCUT2D eigenvalue weighted by atomic mass is 9.93. The van der Waals surface area contributed by atoms with Crippen LogP contribution in [-0.4, -0.2) is 27.1 Å². The van der Waals surface area contributed by atoms with Crippen molar-refractivity contribution in [1.82, 2.24) is 15.3 Å². The number of carboxylic acids is 1. The van der Waals surface area contributed by atoms with Crippen molar-refractivity contribution in [1.29, 1.82) is 0 Å². The molecule has 98 valence electrons. The second-order valence-electron chi connectivity index (χ2n) is 4.88. The average Bonchev–Trinajstić information content (AvgIpc) is 2.85. The van der Waals surface area contributed by atoms with Crippen molar-refractivity contribution in [2.45, 2.75) is 25.4 Å². The van der Waals surface area contributed by atoms with Gasteiger partial charge < -0.3 is 10.1 Å². The maximum absolute atomic E-state index is 11.2. The van der Waals surface area contributed by atoms with E-state index in [-0.39, 0.29) is 6.04 Å². The summed E-state index contributed by atoms with van der Waals surface area (Å²) < 4.78 is 0. The minimum absolute atomic E-state index is 0.170. The molecule has 0 radical (unpaired) electrons. The van der Waals surface area contributed by atoms with Crippen molar-refractivity contribution < 1.29 is 9.90 Å². The Kier molecular flexibility index (Phi) is 2.83. The molecular formula is C14H15N3O2. The minimum atomic E-state index is -0.835. The molecule has 2 atom stereocenters. The number of rotatable bonds is 2. The van der Waals surface area contributed by atoms with Crippen molar-refractivity contribution in [2.24, 2.45) is 0 Å². The third-order valence-corrected chi connectivity index (χ3v) is 3.47. The Hall–Kier alpha value is -2.14. The van der Waals surface area contributed by atoms with Gasteiger partial charge in [-0.25, -0.2) is 4.98 Å². The Morgan fingerprint density at radius 3 is 3.05 bits per heavy atom. The van der Waals surface area contributed by atoms with E-state index in [0.717, 1.165) is 22.5 Å². The number of carbonyl (C=O) groups is 1. The number of aromatic amines is 1. The van der Waals surface area contributed by atoms with Gasteiger partial charge >= 0.3 is 5.97 Å². The van der Waals surface area contributed by atoms with Gasteiger partial charge in [0.05, 0.1) is 18.1 Å². The van der Waals surface area contributed by atoms with Gasteiger partial charge in [0.25, 0.3) is 0 Å². The van der Waals surface area contributed by atoms with Crippen LogP contribution in [0, 0.1) is 6.92 Å². The lowest BCUT2D eigenvalue weighted by Crippen LogP contribution is -2.45. The van der Waals surface area contributed by atoms with Gasteiger partial charge in [-0.1, -0.05) is 29.8 Å². The molecule has 0 aliphatic carbocycles. The molecule has 2 aromatic rings. The number of H-pyrrole nitrogens is 1. The van der Waals surface area contributed by atoms with Crippen molar-refractivity contribution in [3.63, 3.8) is 0 Å². The van der Waals surface area contributed by atoms with Crippen LogP contribution in [0.15, 0.2) is 30.6 Å². The predicted molar refractivity (Wildman–Crippen MR) is 69.9 cm³/mol. The molecule has 5 heteroatoms. The van der Waals surface area contributed by atoms with Gasteiger partial charge in [0, 0.05) is 12.1 Å². The molecule has 1 aliphatic heterocycles. The number of hydrogen-bond donors (Lipinski definition) is 3. The topological polar surface area (TPSA) is 78.0 Å². The van der Waals surface area contributed by atoms with E-state index in [4.69, 9.17) is 0 Å². The second-order valence-corrected chi connectivity index (χ2v) is 4.88. The van der Waals surface area contributed by atoms with Gasteiger partial charge in [0.2, 0.25) is 0 Å². The number of carboxylic acid groups (broad SMARTS) is 1. The molecule has 0 fully saturated rings. The maximum atomic E-state index is 11.2. The van der Waals surface area contributed by atoms with Gasteiger partial charge in [0.15, 0.2) is 0 Å². The summed E-state index contributed by atoms with van der Waals surface area (Å²) in [5, 5.41) is 12.4. The van der Waals surface area contributed by atoms with Gasteiger partial charge in [0.1, 0.15) is 6.04 Å². The average molecular weight is 257 g/mol. The summed E-state index contributed by atoms with van der Waals surface area (Å²) >= 11 is 0. The number of aryl methyl sites for hydroxylation is 1. The quantitative estimate of drug-likeness (QED) is 0.760. The van der Waals surface area contributed by atoms with Crippen LogP contribution in [-0.2, 0) is 11.2 Å². The summed E-state index contributed by atoms with van der Waals surface area (Å²) in [6.07, 6.45) is 2.06. The van der Waals surface area contributed by atoms with Gasteiger partial charge in [-0.05, 0) is 12.5 Å². The number of nitrogens with one attached hydrogen (secondary N) is 2. The summed E-state index contributed by atoms with van der Waals surface area (Å²) in [6, 6.07) is 7.29. The zero-order valence-electron chi connectivity index (χ0n) is 10.6. The van der Waals surface area contributed by atoms with Crippen molar-refractivity contribution in [3.8, 4) is 0 Å². The molecule has 1 aliphatic rings. The number of nitrogens with zero attached hydrogens (tertiary/aromatic N) is 1. The molecular weight excluding hydrogens is 242 g/mol. The zero-order valence-corrected chi connectivity index (χ0v) is 10.6. The predicted octanol–water partition coefficient (Wildman–Crippen LogP) is 1.41. The highest BCUT2D eigenvalue weighted by Crippen LogP contribution is 2.28. The maximum Gasteiger partial charge on any atom is 0.321 e. The SMILES string of the molecule is Cc1cccc([C@H]2N[C@@H](C(=O)O)Cc3[nH]cnc32)c1. The smallest absolute Gasteiger partial charge is 0.321 e. The molecule has 0 amide bonds. The van der Waals surface area contributed by atoms with E-state index in [1.165, 1.54) is 0 Å². The normalized spacial score (nSPS) is 21.9. The van der Waals surface area contributed by atoms with Crippen LogP contribution < -0.4 is 5.32 Å². The molecule has 19 heavy (non-hydrogen) atoms. The summed E-state index contributed by atoms with van der Waals surface area (Å²) in [6.45, 7) is 2.02. The molecule has 2 heterocycles. The third-order valence-electron chi connectivity index (χ3n) is 3.47. The van der Waals surface area contributed by atoms with E-state index in [0.29, 0.717) is 6.42 Å². The van der Waals surface area contributed by atoms with E-state index >= 15 is 0 Å². The van der Waals surface area contributed by atoms with Gasteiger partial charge in [-0.3, -0.25) is 10.1 Å². The first kappa shape index (κ1) is 11.9. The fourth-order valence-corrected chi connectivity index (χ4v) is 2.55. The van der Waals surface area contributed by atoms with Crippen molar-refractivity contribution in [2.75, 3.05) is 0 Å². The molecule has 0 bridgehead atoms. The Balaban J connectivity index is 2.03. The molecule has 0 saturated carbocycles. The first-order valence-corrected chi connectivity index (χ1v) is 6.22. The standard InChI is InChI=1S/C14H15N3O2/c1-8-3-2-4-9(5-8)12-13-10(15-7-16-13)6-11(17-12)14(18)19/h2-5,7,11-12,17H,6H2,1H3,(H,15,16)(H,18,19)/t11-,12-/m1/s1. The number of hydrogen-bond acceptors (Lipinski definition) is 3. The lowest BCUT2D eigenvalue weighted by molar-refractivity contribution is -0.139. The Bertz CT molecular complexity index is 621. The number of fused-ring (bicyclic) bond motifs is 1. The summed E-state index contributed by atoms with van der Waals surface area (Å²) in [7, 11) is 0. The number of aromatic nitrogens is 2. The molecule has 1 aromatic heterocycles. The highest BCUT2D eigenvalue weighted by Gasteiger charge is 2.32. The highest BCUT2D eigenvalue weighted by atomic mass is 16.4. The largest absolute Gasteiger partial charge is 0.480 e. The Morgan fingerprint density at radius 2 is 2.32 bits per heavy atom. The lowest BCUT2D eigenvalue weighted by Gasteiger charge is -2.28. The van der Waals surface area contributed by atoms with Crippen molar-refractivity contribution >= 4 is 5.97 Å². The number of imidazole rings is 1. The molecule has 1 aromatic carbocycles. The van der Waals surface area contributed by atoms with Gasteiger partial charge in [-0.2, -0.15) is 0 Å². The second kappa shape index (κ2) is 4.51. The molecule has 3 rings (SSSR count). The Morgan fingerprint density at radius 1 is 1.47 bits per heavy atom. The summed E-state index contributed by atoms with van der Waals surface area (Å²) in [4.78, 5) is 18.6. The van der Waals surface area contributed by atoms with E-state index < -0.39 is 12.0 Å². The van der Waals surface area contributed by atoms with Crippen LogP contribution in [0.25, 0.3) is 0 Å². The summed E-state index contributed by atoms with van der Waals surface area (Å²) in [5.41, 5.74) is 3.98. The highest BCUT2D eigenvalue weighted by molar-refractivity contribution is 5.74. The molecule has 0 spiro atoms. The van der Waals surface area contributed by atoms with E-state index in [1.807, 2.05) is 25.1 Å². The minimum Gasteiger partial charge on any atom is -0.480 e. The fraction of sp³-hybridized carbons (Fsp3) is 0.286. The zero-order chi connectivity index (χ0) is 13.4. The molecule has 3 N–H and O–H groups in total. The van der Waals surface area contributed by atoms with Crippen LogP contribution >= 0.6 is 0 Å². The first-order chi connectivity index (χ1) is 9.15. The summed E-state index contributed by atoms with van der Waals surface area (Å²) in [5.74, 6) is -0.835. The number of aliphatic carboxylic acids is 1. The van der Waals surface area contributed by atoms with E-state index in [9.17, 15) is 9.90 Å². The van der Waals surface area contributed by atoms with Crippen LogP contribution in [0.2, 0.25) is 0 Å². The van der Waals surface area contributed by atoms with Crippen LogP contribution in [0.1, 0.15) is 28.6 Å². The van der Waals surface area contributed by atoms with Crippen molar-refractivity contribution in [3.05, 3.63) is 53.1 Å². The number of benzene rings is 1. The van der Waals surface area contributed by atoms with Crippen LogP contribution in [0.4, 0.5) is 0 Å². The van der Waals surface area contributed by atoms with Gasteiger partial charge in [-0.15, -0.1) is 0 Å². The molecule has 0 unspecified atom stereocenters.